The zero-order valence-corrected chi connectivity index (χ0v) is 16.3. The lowest BCUT2D eigenvalue weighted by atomic mass is 9.60. The Morgan fingerprint density at radius 3 is 2.41 bits per heavy atom. The fraction of sp³-hybridized carbons (Fsp3) is 0.435. The van der Waals surface area contributed by atoms with Gasteiger partial charge in [0.2, 0.25) is 5.91 Å². The van der Waals surface area contributed by atoms with E-state index in [9.17, 15) is 14.7 Å². The standard InChI is InChI=1S/C23H25N3O3/c27-13-19-21(17-6-2-1-3-7-17)23(14-25(15-23)20(28)12-16-9-10-16)26(19)22(29)18-8-4-5-11-24-18/h1-8,11,16,19,21,27H,9-10,12-15H2/t19-,21-/m0/s1. The van der Waals surface area contributed by atoms with Gasteiger partial charge >= 0.3 is 0 Å². The Bertz CT molecular complexity index is 907. The van der Waals surface area contributed by atoms with Crippen molar-refractivity contribution in [3.63, 3.8) is 0 Å². The zero-order valence-electron chi connectivity index (χ0n) is 16.3. The summed E-state index contributed by atoms with van der Waals surface area (Å²) in [5.41, 5.74) is 1.01. The summed E-state index contributed by atoms with van der Waals surface area (Å²) in [5, 5.41) is 10.1. The van der Waals surface area contributed by atoms with Crippen LogP contribution in [-0.4, -0.2) is 63.0 Å². The molecule has 1 aliphatic carbocycles. The van der Waals surface area contributed by atoms with Crippen LogP contribution >= 0.6 is 0 Å². The van der Waals surface area contributed by atoms with Crippen LogP contribution in [0.5, 0.6) is 0 Å². The minimum absolute atomic E-state index is 0.00587. The van der Waals surface area contributed by atoms with Gasteiger partial charge in [-0.2, -0.15) is 0 Å². The largest absolute Gasteiger partial charge is 0.394 e. The minimum atomic E-state index is -0.470. The Kier molecular flexibility index (Phi) is 4.39. The van der Waals surface area contributed by atoms with Gasteiger partial charge in [-0.3, -0.25) is 14.6 Å². The highest BCUT2D eigenvalue weighted by Gasteiger charge is 2.68. The van der Waals surface area contributed by atoms with Crippen molar-refractivity contribution < 1.29 is 14.7 Å². The lowest BCUT2D eigenvalue weighted by molar-refractivity contribution is -0.178. The number of nitrogens with zero attached hydrogens (tertiary/aromatic N) is 3. The molecule has 3 fully saturated rings. The van der Waals surface area contributed by atoms with E-state index in [2.05, 4.69) is 4.98 Å². The van der Waals surface area contributed by atoms with Gasteiger partial charge in [0.1, 0.15) is 5.69 Å². The maximum Gasteiger partial charge on any atom is 0.273 e. The van der Waals surface area contributed by atoms with Crippen LogP contribution in [0.1, 0.15) is 41.2 Å². The summed E-state index contributed by atoms with van der Waals surface area (Å²) < 4.78 is 0. The van der Waals surface area contributed by atoms with Crippen LogP contribution in [0.25, 0.3) is 0 Å². The normalized spacial score (nSPS) is 24.7. The summed E-state index contributed by atoms with van der Waals surface area (Å²) in [6, 6.07) is 15.0. The smallest absolute Gasteiger partial charge is 0.273 e. The first-order chi connectivity index (χ1) is 14.1. The number of pyridine rings is 1. The number of carbonyl (C=O) groups is 2. The highest BCUT2D eigenvalue weighted by molar-refractivity contribution is 5.95. The molecule has 3 heterocycles. The third kappa shape index (κ3) is 2.94. The Morgan fingerprint density at radius 2 is 1.79 bits per heavy atom. The molecule has 2 saturated heterocycles. The monoisotopic (exact) mass is 391 g/mol. The van der Waals surface area contributed by atoms with E-state index in [4.69, 9.17) is 0 Å². The Morgan fingerprint density at radius 1 is 1.07 bits per heavy atom. The number of likely N-dealkylation sites (tertiary alicyclic amines) is 2. The molecule has 0 unspecified atom stereocenters. The van der Waals surface area contributed by atoms with Crippen LogP contribution in [0.3, 0.4) is 0 Å². The second kappa shape index (κ2) is 6.95. The van der Waals surface area contributed by atoms with E-state index in [0.717, 1.165) is 18.4 Å². The van der Waals surface area contributed by atoms with Gasteiger partial charge in [-0.1, -0.05) is 36.4 Å². The first-order valence-corrected chi connectivity index (χ1v) is 10.3. The molecule has 1 N–H and O–H groups in total. The molecule has 5 rings (SSSR count). The Labute approximate surface area is 170 Å². The topological polar surface area (TPSA) is 73.7 Å². The Hall–Kier alpha value is -2.73. The number of aliphatic hydroxyl groups is 1. The van der Waals surface area contributed by atoms with Crippen molar-refractivity contribution in [1.29, 1.82) is 0 Å². The predicted octanol–water partition coefficient (Wildman–Crippen LogP) is 2.06. The quantitative estimate of drug-likeness (QED) is 0.847. The van der Waals surface area contributed by atoms with Crippen molar-refractivity contribution in [3.8, 4) is 0 Å². The molecule has 3 aliphatic rings. The van der Waals surface area contributed by atoms with Gasteiger partial charge in [-0.25, -0.2) is 0 Å². The van der Waals surface area contributed by atoms with E-state index in [1.807, 2.05) is 35.2 Å². The van der Waals surface area contributed by atoms with Crippen LogP contribution in [0.4, 0.5) is 0 Å². The van der Waals surface area contributed by atoms with Gasteiger partial charge < -0.3 is 14.9 Å². The average molecular weight is 391 g/mol. The molecule has 1 spiro atoms. The third-order valence-corrected chi connectivity index (χ3v) is 6.67. The van der Waals surface area contributed by atoms with Gasteiger partial charge in [-0.15, -0.1) is 0 Å². The second-order valence-corrected chi connectivity index (χ2v) is 8.53. The van der Waals surface area contributed by atoms with Gasteiger partial charge in [0.25, 0.3) is 5.91 Å². The predicted molar refractivity (Wildman–Crippen MR) is 107 cm³/mol. The van der Waals surface area contributed by atoms with Crippen LogP contribution in [0.2, 0.25) is 0 Å². The maximum atomic E-state index is 13.3. The Balaban J connectivity index is 1.45. The van der Waals surface area contributed by atoms with E-state index in [0.29, 0.717) is 31.1 Å². The lowest BCUT2D eigenvalue weighted by Gasteiger charge is -2.70. The fourth-order valence-corrected chi connectivity index (χ4v) is 5.09. The zero-order chi connectivity index (χ0) is 20.0. The average Bonchev–Trinajstić information content (AvgIpc) is 3.52. The number of hydrogen-bond donors (Lipinski definition) is 1. The molecule has 2 atom stereocenters. The van der Waals surface area contributed by atoms with E-state index in [1.165, 1.54) is 0 Å². The summed E-state index contributed by atoms with van der Waals surface area (Å²) in [5.74, 6) is 0.557. The molecule has 150 valence electrons. The SMILES string of the molecule is O=C(CC1CC1)N1CC2(C1)[C@@H](c1ccccc1)[C@H](CO)N2C(=O)c1ccccn1. The number of aliphatic hydroxyl groups excluding tert-OH is 1. The van der Waals surface area contributed by atoms with Crippen molar-refractivity contribution in [2.75, 3.05) is 19.7 Å². The molecule has 2 aliphatic heterocycles. The van der Waals surface area contributed by atoms with Gasteiger partial charge in [0.15, 0.2) is 0 Å². The highest BCUT2D eigenvalue weighted by atomic mass is 16.3. The molecule has 0 radical (unpaired) electrons. The third-order valence-electron chi connectivity index (χ3n) is 6.67. The molecule has 1 saturated carbocycles. The molecule has 0 bridgehead atoms. The van der Waals surface area contributed by atoms with E-state index < -0.39 is 5.54 Å². The molecule has 6 heteroatoms. The summed E-state index contributed by atoms with van der Waals surface area (Å²) >= 11 is 0. The molecule has 2 amide bonds. The van der Waals surface area contributed by atoms with Crippen molar-refractivity contribution in [3.05, 3.63) is 66.0 Å². The summed E-state index contributed by atoms with van der Waals surface area (Å²) in [6.45, 7) is 0.927. The van der Waals surface area contributed by atoms with Crippen molar-refractivity contribution in [2.45, 2.75) is 36.8 Å². The molecular formula is C23H25N3O3. The van der Waals surface area contributed by atoms with Gasteiger partial charge in [-0.05, 0) is 36.5 Å². The van der Waals surface area contributed by atoms with Crippen molar-refractivity contribution >= 4 is 11.8 Å². The second-order valence-electron chi connectivity index (χ2n) is 8.53. The number of aromatic nitrogens is 1. The summed E-state index contributed by atoms with van der Waals surface area (Å²) in [6.07, 6.45) is 4.51. The lowest BCUT2D eigenvalue weighted by Crippen LogP contribution is -2.86. The molecule has 1 aromatic heterocycles. The van der Waals surface area contributed by atoms with Crippen LogP contribution in [0.15, 0.2) is 54.7 Å². The van der Waals surface area contributed by atoms with Crippen LogP contribution in [-0.2, 0) is 4.79 Å². The molecular weight excluding hydrogens is 366 g/mol. The van der Waals surface area contributed by atoms with E-state index >= 15 is 0 Å². The molecule has 29 heavy (non-hydrogen) atoms. The van der Waals surface area contributed by atoms with Crippen molar-refractivity contribution in [1.82, 2.24) is 14.8 Å². The first-order valence-electron chi connectivity index (χ1n) is 10.3. The number of benzene rings is 1. The number of hydrogen-bond acceptors (Lipinski definition) is 4. The number of rotatable bonds is 5. The van der Waals surface area contributed by atoms with Crippen LogP contribution < -0.4 is 0 Å². The summed E-state index contributed by atoms with van der Waals surface area (Å²) in [7, 11) is 0. The number of carbonyl (C=O) groups excluding carboxylic acids is 2. The van der Waals surface area contributed by atoms with E-state index in [-0.39, 0.29) is 30.4 Å². The van der Waals surface area contributed by atoms with Gasteiger partial charge in [0, 0.05) is 31.6 Å². The van der Waals surface area contributed by atoms with Crippen molar-refractivity contribution in [2.24, 2.45) is 5.92 Å². The number of amides is 2. The maximum absolute atomic E-state index is 13.3. The first kappa shape index (κ1) is 18.3. The van der Waals surface area contributed by atoms with Gasteiger partial charge in [0.05, 0.1) is 18.2 Å². The molecule has 1 aromatic carbocycles. The molecule has 2 aromatic rings. The van der Waals surface area contributed by atoms with E-state index in [1.54, 1.807) is 29.3 Å². The minimum Gasteiger partial charge on any atom is -0.394 e. The fourth-order valence-electron chi connectivity index (χ4n) is 5.09. The molecule has 6 nitrogen and oxygen atoms in total. The summed E-state index contributed by atoms with van der Waals surface area (Å²) in [4.78, 5) is 33.8. The van der Waals surface area contributed by atoms with Crippen LogP contribution in [0, 0.1) is 5.92 Å². The highest BCUT2D eigenvalue weighted by Crippen LogP contribution is 2.54.